The van der Waals surface area contributed by atoms with Crippen LogP contribution in [0.5, 0.6) is 0 Å². The quantitative estimate of drug-likeness (QED) is 0.0422. The summed E-state index contributed by atoms with van der Waals surface area (Å²) in [6, 6.07) is 3.12. The number of alkyl halides is 17. The van der Waals surface area contributed by atoms with Gasteiger partial charge in [-0.15, -0.1) is 0 Å². The molecule has 0 atom stereocenters. The molecular formula is C43H71BrClF17N2O. The summed E-state index contributed by atoms with van der Waals surface area (Å²) in [6.07, 6.45) is 15.9. The summed E-state index contributed by atoms with van der Waals surface area (Å²) >= 11 is 0. The predicted molar refractivity (Wildman–Crippen MR) is 207 cm³/mol. The molecule has 0 aromatic heterocycles. The van der Waals surface area contributed by atoms with Crippen LogP contribution in [0.15, 0.2) is 0 Å². The van der Waals surface area contributed by atoms with E-state index in [1.54, 1.807) is 38.5 Å². The molecule has 392 valence electrons. The maximum Gasteiger partial charge on any atom is 0.460 e. The van der Waals surface area contributed by atoms with Crippen molar-refractivity contribution in [2.45, 2.75) is 241 Å². The minimum Gasteiger partial charge on any atom is -1.00 e. The number of rotatable bonds is 25. The summed E-state index contributed by atoms with van der Waals surface area (Å²) in [5.74, 6) is -56.0. The van der Waals surface area contributed by atoms with E-state index < -0.39 is 73.5 Å². The Labute approximate surface area is 390 Å². The fourth-order valence-corrected chi connectivity index (χ4v) is 9.48. The molecule has 3 rings (SSSR count). The summed E-state index contributed by atoms with van der Waals surface area (Å²) in [4.78, 5) is 2.11. The van der Waals surface area contributed by atoms with Gasteiger partial charge in [0, 0.05) is 6.42 Å². The highest BCUT2D eigenvalue weighted by Crippen LogP contribution is 2.64. The Hall–Kier alpha value is -0.540. The second-order valence-corrected chi connectivity index (χ2v) is 18.2. The van der Waals surface area contributed by atoms with Gasteiger partial charge in [0.05, 0.1) is 44.4 Å². The molecule has 0 heterocycles. The highest BCUT2D eigenvalue weighted by atomic mass is 79.9. The van der Waals surface area contributed by atoms with Crippen LogP contribution in [0.2, 0.25) is 0 Å². The summed E-state index contributed by atoms with van der Waals surface area (Å²) in [5, 5.41) is 0. The van der Waals surface area contributed by atoms with Crippen molar-refractivity contribution >= 4 is 0 Å². The van der Waals surface area contributed by atoms with E-state index in [1.807, 2.05) is 20.8 Å². The molecular weight excluding hydrogens is 999 g/mol. The van der Waals surface area contributed by atoms with Crippen molar-refractivity contribution in [3.8, 4) is 0 Å². The number of nitrogens with one attached hydrogen (secondary N) is 1. The van der Waals surface area contributed by atoms with E-state index >= 15 is 0 Å². The van der Waals surface area contributed by atoms with Gasteiger partial charge >= 0.3 is 47.6 Å². The number of hydrogen-bond acceptors (Lipinski definition) is 1. The molecule has 0 spiro atoms. The highest BCUT2D eigenvalue weighted by Gasteiger charge is 2.95. The Morgan fingerprint density at radius 3 is 1.05 bits per heavy atom. The molecule has 0 aromatic rings. The van der Waals surface area contributed by atoms with Gasteiger partial charge in [-0.3, -0.25) is 0 Å². The van der Waals surface area contributed by atoms with E-state index in [9.17, 15) is 74.6 Å². The first-order chi connectivity index (χ1) is 29.1. The zero-order chi connectivity index (χ0) is 48.0. The molecule has 0 unspecified atom stereocenters. The van der Waals surface area contributed by atoms with E-state index in [0.29, 0.717) is 24.1 Å². The van der Waals surface area contributed by atoms with E-state index in [-0.39, 0.29) is 36.1 Å². The molecule has 1 N–H and O–H groups in total. The van der Waals surface area contributed by atoms with Gasteiger partial charge in [0.25, 0.3) is 0 Å². The first-order valence-corrected chi connectivity index (χ1v) is 23.1. The van der Waals surface area contributed by atoms with Crippen LogP contribution >= 0.6 is 0 Å². The molecule has 3 fully saturated rings. The van der Waals surface area contributed by atoms with E-state index in [2.05, 4.69) is 4.90 Å². The zero-order valence-corrected chi connectivity index (χ0v) is 40.1. The Morgan fingerprint density at radius 1 is 0.431 bits per heavy atom. The first kappa shape index (κ1) is 64.5. The van der Waals surface area contributed by atoms with Crippen LogP contribution in [0, 0.1) is 0 Å². The average Bonchev–Trinajstić information content (AvgIpc) is 3.23. The van der Waals surface area contributed by atoms with Crippen LogP contribution in [0.4, 0.5) is 74.6 Å². The molecule has 0 aromatic carbocycles. The van der Waals surface area contributed by atoms with Crippen LogP contribution < -0.4 is 34.3 Å². The van der Waals surface area contributed by atoms with E-state index in [0.717, 1.165) is 56.7 Å². The average molecular weight is 1070 g/mol. The standard InChI is InChI=1S/C25H37F17NO.C18H33N.BrH.ClH/c1-4-7-13-43(14-8-5-2,15-9-6-3)17-44-16-11-10-12-18(26,27)19(28,29)20(30,31)21(32,33)22(34,35)23(36,37)24(38,39)25(40,41)42;1-4-10-16(11-5-1)19(17-12-6-2-7-13-17)18-14-8-3-9-15-18;;/h4-17H2,1-3H3;16-18H,1-15H2;2*1H/q+1;;;/p-1. The smallest absolute Gasteiger partial charge is 0.460 e. The third kappa shape index (κ3) is 15.5. The van der Waals surface area contributed by atoms with Crippen molar-refractivity contribution in [2.24, 2.45) is 0 Å². The Kier molecular flexibility index (Phi) is 26.9. The Bertz CT molecular complexity index is 1230. The molecule has 3 nitrogen and oxygen atoms in total. The van der Waals surface area contributed by atoms with Crippen molar-refractivity contribution < 1.29 is 118 Å². The molecule has 0 aliphatic heterocycles. The van der Waals surface area contributed by atoms with Gasteiger partial charge in [0.1, 0.15) is 0 Å². The summed E-state index contributed by atoms with van der Waals surface area (Å²) in [7, 11) is 0. The van der Waals surface area contributed by atoms with Gasteiger partial charge in [0.15, 0.2) is 6.73 Å². The lowest BCUT2D eigenvalue weighted by Gasteiger charge is -2.44. The molecule has 3 aliphatic rings. The SMILES string of the molecule is C1CCC([NH+](C2CCCCC2)C2CCCCC2)CC1.CCCC[N+](CCCC)(CCCC)COCCCCC(F)(F)C(F)(F)C(F)(F)C(F)(F)C(F)(F)C(F)(F)C(F)(F)C(F)(F)F.[Br-].[Cl-]. The summed E-state index contributed by atoms with van der Waals surface area (Å²) < 4.78 is 234. The van der Waals surface area contributed by atoms with Gasteiger partial charge in [-0.25, -0.2) is 0 Å². The van der Waals surface area contributed by atoms with Crippen LogP contribution in [0.25, 0.3) is 0 Å². The molecule has 3 saturated carbocycles. The van der Waals surface area contributed by atoms with Crippen molar-refractivity contribution in [3.05, 3.63) is 0 Å². The Morgan fingerprint density at radius 2 is 0.738 bits per heavy atom. The number of unbranched alkanes of at least 4 members (excludes halogenated alkanes) is 4. The van der Waals surface area contributed by atoms with Crippen LogP contribution in [-0.4, -0.2) is 103 Å². The molecule has 65 heavy (non-hydrogen) atoms. The fraction of sp³-hybridized carbons (Fsp3) is 1.00. The molecule has 0 saturated heterocycles. The van der Waals surface area contributed by atoms with Crippen molar-refractivity contribution in [3.63, 3.8) is 0 Å². The van der Waals surface area contributed by atoms with Gasteiger partial charge in [-0.2, -0.15) is 74.6 Å². The molecule has 0 bridgehead atoms. The van der Waals surface area contributed by atoms with Gasteiger partial charge < -0.3 is 43.5 Å². The van der Waals surface area contributed by atoms with Crippen molar-refractivity contribution in [1.29, 1.82) is 0 Å². The molecule has 3 aliphatic carbocycles. The largest absolute Gasteiger partial charge is 1.00 e. The lowest BCUT2D eigenvalue weighted by atomic mass is 9.84. The molecule has 0 amide bonds. The lowest BCUT2D eigenvalue weighted by molar-refractivity contribution is -0.976. The zero-order valence-electron chi connectivity index (χ0n) is 37.8. The summed E-state index contributed by atoms with van der Waals surface area (Å²) in [6.45, 7) is 7.51. The maximum absolute atomic E-state index is 14.1. The topological polar surface area (TPSA) is 13.7 Å². The van der Waals surface area contributed by atoms with Crippen molar-refractivity contribution in [1.82, 2.24) is 0 Å². The fourth-order valence-electron chi connectivity index (χ4n) is 9.48. The highest BCUT2D eigenvalue weighted by molar-refractivity contribution is 5.15. The molecule has 0 radical (unpaired) electrons. The third-order valence-electron chi connectivity index (χ3n) is 13.4. The number of quaternary nitrogens is 2. The minimum absolute atomic E-state index is 0. The second-order valence-electron chi connectivity index (χ2n) is 18.2. The minimum atomic E-state index is -8.60. The van der Waals surface area contributed by atoms with Gasteiger partial charge in [-0.1, -0.05) is 59.3 Å². The van der Waals surface area contributed by atoms with E-state index in [1.165, 1.54) is 57.8 Å². The number of ether oxygens (including phenoxy) is 1. The third-order valence-corrected chi connectivity index (χ3v) is 13.4. The van der Waals surface area contributed by atoms with Crippen LogP contribution in [0.3, 0.4) is 0 Å². The maximum atomic E-state index is 14.1. The molecule has 22 heteroatoms. The van der Waals surface area contributed by atoms with Crippen LogP contribution in [-0.2, 0) is 4.74 Å². The van der Waals surface area contributed by atoms with E-state index in [4.69, 9.17) is 4.74 Å². The number of halogens is 19. The predicted octanol–water partition coefficient (Wildman–Crippen LogP) is 8.23. The van der Waals surface area contributed by atoms with Crippen LogP contribution in [0.1, 0.15) is 175 Å². The lowest BCUT2D eigenvalue weighted by Crippen LogP contribution is -3.22. The summed E-state index contributed by atoms with van der Waals surface area (Å²) in [5.41, 5.74) is 0. The second kappa shape index (κ2) is 27.2. The first-order valence-electron chi connectivity index (χ1n) is 23.1. The number of hydrogen-bond donors (Lipinski definition) is 1. The van der Waals surface area contributed by atoms with Gasteiger partial charge in [-0.05, 0) is 109 Å². The Balaban J connectivity index is 0.00000160. The normalized spacial score (nSPS) is 18.8. The van der Waals surface area contributed by atoms with Crippen molar-refractivity contribution in [2.75, 3.05) is 33.0 Å². The van der Waals surface area contributed by atoms with Gasteiger partial charge in [0.2, 0.25) is 0 Å². The number of nitrogens with zero attached hydrogens (tertiary/aromatic N) is 1. The monoisotopic (exact) mass is 1070 g/mol.